The Kier molecular flexibility index (Phi) is 4.55. The molecule has 0 saturated carbocycles. The highest BCUT2D eigenvalue weighted by Crippen LogP contribution is 2.14. The second kappa shape index (κ2) is 5.47. The van der Waals surface area contributed by atoms with E-state index in [4.69, 9.17) is 5.26 Å². The normalized spacial score (nSPS) is 9.50. The lowest BCUT2D eigenvalue weighted by atomic mass is 10.0. The van der Waals surface area contributed by atoms with E-state index in [1.54, 1.807) is 6.07 Å². The van der Waals surface area contributed by atoms with Crippen LogP contribution in [0.1, 0.15) is 11.1 Å². The SMILES string of the molecule is N#Cc1cc(I)ccc1CC(=O)CBr. The molecular formula is C10H7BrINO. The van der Waals surface area contributed by atoms with E-state index in [1.165, 1.54) is 0 Å². The fraction of sp³-hybridized carbons (Fsp3) is 0.200. The first-order chi connectivity index (χ1) is 6.67. The third kappa shape index (κ3) is 3.07. The summed E-state index contributed by atoms with van der Waals surface area (Å²) >= 11 is 5.24. The van der Waals surface area contributed by atoms with Gasteiger partial charge in [-0.25, -0.2) is 0 Å². The average Bonchev–Trinajstić information content (AvgIpc) is 2.20. The number of ketones is 1. The van der Waals surface area contributed by atoms with Gasteiger partial charge >= 0.3 is 0 Å². The molecule has 0 saturated heterocycles. The van der Waals surface area contributed by atoms with Crippen molar-refractivity contribution in [3.8, 4) is 6.07 Å². The molecule has 0 amide bonds. The quantitative estimate of drug-likeness (QED) is 0.612. The Bertz CT molecular complexity index is 398. The molecule has 0 aliphatic carbocycles. The maximum absolute atomic E-state index is 11.2. The summed E-state index contributed by atoms with van der Waals surface area (Å²) in [6, 6.07) is 7.62. The van der Waals surface area contributed by atoms with Crippen LogP contribution in [0, 0.1) is 14.9 Å². The second-order valence-electron chi connectivity index (χ2n) is 2.76. The molecule has 0 aliphatic rings. The Labute approximate surface area is 105 Å². The fourth-order valence-corrected chi connectivity index (χ4v) is 1.76. The highest BCUT2D eigenvalue weighted by atomic mass is 127. The molecule has 2 nitrogen and oxygen atoms in total. The zero-order chi connectivity index (χ0) is 10.6. The van der Waals surface area contributed by atoms with E-state index in [-0.39, 0.29) is 5.78 Å². The zero-order valence-corrected chi connectivity index (χ0v) is 11.0. The number of hydrogen-bond acceptors (Lipinski definition) is 2. The van der Waals surface area contributed by atoms with E-state index < -0.39 is 0 Å². The van der Waals surface area contributed by atoms with Gasteiger partial charge in [0.1, 0.15) is 5.78 Å². The van der Waals surface area contributed by atoms with Gasteiger partial charge in [0.25, 0.3) is 0 Å². The van der Waals surface area contributed by atoms with Crippen LogP contribution in [0.5, 0.6) is 0 Å². The Morgan fingerprint density at radius 1 is 1.57 bits per heavy atom. The van der Waals surface area contributed by atoms with Gasteiger partial charge in [-0.15, -0.1) is 0 Å². The zero-order valence-electron chi connectivity index (χ0n) is 7.26. The van der Waals surface area contributed by atoms with Crippen LogP contribution >= 0.6 is 38.5 Å². The first-order valence-electron chi connectivity index (χ1n) is 3.93. The number of rotatable bonds is 3. The predicted octanol–water partition coefficient (Wildman–Crippen LogP) is 2.67. The molecule has 0 N–H and O–H groups in total. The number of benzene rings is 1. The molecule has 1 aromatic carbocycles. The van der Waals surface area contributed by atoms with Crippen molar-refractivity contribution >= 4 is 44.3 Å². The lowest BCUT2D eigenvalue weighted by molar-refractivity contribution is -0.115. The number of carbonyl (C=O) groups is 1. The maximum atomic E-state index is 11.2. The standard InChI is InChI=1S/C10H7BrINO/c11-5-10(14)4-7-1-2-9(12)3-8(7)6-13/h1-3H,4-5H2. The smallest absolute Gasteiger partial charge is 0.147 e. The minimum absolute atomic E-state index is 0.0858. The summed E-state index contributed by atoms with van der Waals surface area (Å²) in [6.07, 6.45) is 0.324. The van der Waals surface area contributed by atoms with Crippen molar-refractivity contribution in [1.29, 1.82) is 5.26 Å². The summed E-state index contributed by atoms with van der Waals surface area (Å²) in [5.74, 6) is 0.0858. The van der Waals surface area contributed by atoms with E-state index in [1.807, 2.05) is 12.1 Å². The van der Waals surface area contributed by atoms with Crippen molar-refractivity contribution in [1.82, 2.24) is 0 Å². The molecule has 72 valence electrons. The first kappa shape index (κ1) is 11.7. The molecule has 0 bridgehead atoms. The Morgan fingerprint density at radius 2 is 2.29 bits per heavy atom. The van der Waals surface area contributed by atoms with Crippen LogP contribution in [0.15, 0.2) is 18.2 Å². The number of nitriles is 1. The summed E-state index contributed by atoms with van der Waals surface area (Å²) in [5.41, 5.74) is 1.39. The van der Waals surface area contributed by atoms with E-state index in [0.29, 0.717) is 17.3 Å². The maximum Gasteiger partial charge on any atom is 0.147 e. The van der Waals surface area contributed by atoms with Crippen molar-refractivity contribution in [2.75, 3.05) is 5.33 Å². The van der Waals surface area contributed by atoms with Gasteiger partial charge in [0, 0.05) is 9.99 Å². The van der Waals surface area contributed by atoms with E-state index >= 15 is 0 Å². The lowest BCUT2D eigenvalue weighted by Gasteiger charge is -2.01. The van der Waals surface area contributed by atoms with Gasteiger partial charge in [0.2, 0.25) is 0 Å². The van der Waals surface area contributed by atoms with Gasteiger partial charge in [-0.3, -0.25) is 4.79 Å². The van der Waals surface area contributed by atoms with E-state index in [9.17, 15) is 4.79 Å². The van der Waals surface area contributed by atoms with Gasteiger partial charge in [-0.2, -0.15) is 5.26 Å². The van der Waals surface area contributed by atoms with Crippen LogP contribution in [0.25, 0.3) is 0 Å². The molecule has 0 radical (unpaired) electrons. The molecule has 14 heavy (non-hydrogen) atoms. The van der Waals surface area contributed by atoms with E-state index in [0.717, 1.165) is 9.13 Å². The lowest BCUT2D eigenvalue weighted by Crippen LogP contribution is -2.05. The van der Waals surface area contributed by atoms with Gasteiger partial charge in [0.05, 0.1) is 17.0 Å². The number of nitrogens with zero attached hydrogens (tertiary/aromatic N) is 1. The van der Waals surface area contributed by atoms with Crippen LogP contribution in [0.4, 0.5) is 0 Å². The second-order valence-corrected chi connectivity index (χ2v) is 4.57. The van der Waals surface area contributed by atoms with Crippen LogP contribution < -0.4 is 0 Å². The summed E-state index contributed by atoms with van der Waals surface area (Å²) in [4.78, 5) is 11.2. The number of hydrogen-bond donors (Lipinski definition) is 0. The van der Waals surface area contributed by atoms with Crippen LogP contribution in [0.2, 0.25) is 0 Å². The Morgan fingerprint density at radius 3 is 2.86 bits per heavy atom. The molecule has 0 aliphatic heterocycles. The Balaban J connectivity index is 2.98. The molecule has 0 heterocycles. The van der Waals surface area contributed by atoms with Crippen LogP contribution in [-0.4, -0.2) is 11.1 Å². The number of Topliss-reactive ketones (excluding diaryl/α,β-unsaturated/α-hetero) is 1. The number of halogens is 2. The summed E-state index contributed by atoms with van der Waals surface area (Å²) in [6.45, 7) is 0. The third-order valence-corrected chi connectivity index (χ3v) is 3.03. The third-order valence-electron chi connectivity index (χ3n) is 1.73. The molecule has 0 fully saturated rings. The minimum atomic E-state index is 0.0858. The van der Waals surface area contributed by atoms with Crippen molar-refractivity contribution < 1.29 is 4.79 Å². The van der Waals surface area contributed by atoms with Gasteiger partial charge < -0.3 is 0 Å². The molecule has 0 atom stereocenters. The molecule has 4 heteroatoms. The monoisotopic (exact) mass is 363 g/mol. The van der Waals surface area contributed by atoms with Crippen molar-refractivity contribution in [2.45, 2.75) is 6.42 Å². The summed E-state index contributed by atoms with van der Waals surface area (Å²) in [5, 5.41) is 9.19. The highest BCUT2D eigenvalue weighted by molar-refractivity contribution is 14.1. The van der Waals surface area contributed by atoms with Crippen LogP contribution in [-0.2, 0) is 11.2 Å². The van der Waals surface area contributed by atoms with Crippen molar-refractivity contribution in [3.63, 3.8) is 0 Å². The van der Waals surface area contributed by atoms with Crippen molar-refractivity contribution in [2.24, 2.45) is 0 Å². The van der Waals surface area contributed by atoms with Crippen LogP contribution in [0.3, 0.4) is 0 Å². The average molecular weight is 364 g/mol. The van der Waals surface area contributed by atoms with Gasteiger partial charge in [-0.05, 0) is 40.3 Å². The van der Waals surface area contributed by atoms with Crippen molar-refractivity contribution in [3.05, 3.63) is 32.9 Å². The minimum Gasteiger partial charge on any atom is -0.298 e. The molecule has 0 spiro atoms. The Hall–Kier alpha value is -0.410. The fourth-order valence-electron chi connectivity index (χ4n) is 1.07. The summed E-state index contributed by atoms with van der Waals surface area (Å²) in [7, 11) is 0. The molecule has 0 aromatic heterocycles. The summed E-state index contributed by atoms with van der Waals surface area (Å²) < 4.78 is 1.01. The molecular weight excluding hydrogens is 357 g/mol. The molecule has 1 aromatic rings. The van der Waals surface area contributed by atoms with Gasteiger partial charge in [-0.1, -0.05) is 22.0 Å². The molecule has 1 rings (SSSR count). The number of carbonyl (C=O) groups excluding carboxylic acids is 1. The first-order valence-corrected chi connectivity index (χ1v) is 6.13. The predicted molar refractivity (Wildman–Crippen MR) is 66.4 cm³/mol. The molecule has 0 unspecified atom stereocenters. The largest absolute Gasteiger partial charge is 0.298 e. The topological polar surface area (TPSA) is 40.9 Å². The number of alkyl halides is 1. The van der Waals surface area contributed by atoms with E-state index in [2.05, 4.69) is 44.6 Å². The highest BCUT2D eigenvalue weighted by Gasteiger charge is 2.07. The van der Waals surface area contributed by atoms with Gasteiger partial charge in [0.15, 0.2) is 0 Å².